The highest BCUT2D eigenvalue weighted by molar-refractivity contribution is 4.32. The number of rotatable bonds is 3. The summed E-state index contributed by atoms with van der Waals surface area (Å²) in [4.78, 5) is 0. The van der Waals surface area contributed by atoms with Crippen molar-refractivity contribution in [2.45, 2.75) is 0 Å². The molecule has 0 amide bonds. The average molecular weight is 106 g/mol. The van der Waals surface area contributed by atoms with Gasteiger partial charge in [0.15, 0.2) is 0 Å². The topological polar surface area (TPSA) is 15.3 Å². The first-order chi connectivity index (χ1) is 3.27. The predicted molar refractivity (Wildman–Crippen MR) is 27.7 cm³/mol. The van der Waals surface area contributed by atoms with E-state index in [-0.39, 0.29) is 6.67 Å². The van der Waals surface area contributed by atoms with Crippen LogP contribution in [0.5, 0.6) is 0 Å². The fourth-order valence-electron chi connectivity index (χ4n) is 0.266. The van der Waals surface area contributed by atoms with Gasteiger partial charge in [-0.3, -0.25) is 10.4 Å². The molecule has 0 atom stereocenters. The Hall–Kier alpha value is -0.150. The average Bonchev–Trinajstić information content (AvgIpc) is 1.61. The number of hydrazine groups is 1. The van der Waals surface area contributed by atoms with Gasteiger partial charge in [0, 0.05) is 20.6 Å². The van der Waals surface area contributed by atoms with E-state index in [2.05, 4.69) is 5.43 Å². The van der Waals surface area contributed by atoms with Gasteiger partial charge in [0.05, 0.1) is 0 Å². The van der Waals surface area contributed by atoms with Gasteiger partial charge < -0.3 is 0 Å². The van der Waals surface area contributed by atoms with Crippen LogP contribution in [0.2, 0.25) is 0 Å². The molecule has 0 aromatic rings. The largest absolute Gasteiger partial charge is 0.253 e. The van der Waals surface area contributed by atoms with E-state index in [9.17, 15) is 4.39 Å². The van der Waals surface area contributed by atoms with Gasteiger partial charge >= 0.3 is 0 Å². The molecular formula is C4H11FN2. The fraction of sp³-hybridized carbons (Fsp3) is 1.00. The summed E-state index contributed by atoms with van der Waals surface area (Å²) in [5.74, 6) is 0. The Morgan fingerprint density at radius 2 is 2.14 bits per heavy atom. The number of hydrogen-bond donors (Lipinski definition) is 1. The lowest BCUT2D eigenvalue weighted by atomic mass is 10.8. The van der Waals surface area contributed by atoms with Gasteiger partial charge in [-0.2, -0.15) is 0 Å². The maximum Gasteiger partial charge on any atom is 0.103 e. The summed E-state index contributed by atoms with van der Waals surface area (Å²) in [5, 5.41) is 1.72. The number of hydrogen-bond acceptors (Lipinski definition) is 2. The molecule has 0 aliphatic heterocycles. The molecule has 0 aromatic heterocycles. The molecule has 0 heterocycles. The number of nitrogens with zero attached hydrogens (tertiary/aromatic N) is 1. The Morgan fingerprint density at radius 1 is 1.57 bits per heavy atom. The van der Waals surface area contributed by atoms with E-state index in [4.69, 9.17) is 0 Å². The van der Waals surface area contributed by atoms with Crippen LogP contribution in [0.3, 0.4) is 0 Å². The van der Waals surface area contributed by atoms with Crippen molar-refractivity contribution in [1.29, 1.82) is 0 Å². The van der Waals surface area contributed by atoms with Crippen LogP contribution in [0.1, 0.15) is 0 Å². The first kappa shape index (κ1) is 6.85. The molecule has 0 radical (unpaired) electrons. The highest BCUT2D eigenvalue weighted by Crippen LogP contribution is 1.64. The number of halogens is 1. The van der Waals surface area contributed by atoms with Gasteiger partial charge in [-0.15, -0.1) is 0 Å². The summed E-state index contributed by atoms with van der Waals surface area (Å²) in [6, 6.07) is 0. The smallest absolute Gasteiger partial charge is 0.103 e. The third kappa shape index (κ3) is 5.85. The Bertz CT molecular complexity index is 38.7. The van der Waals surface area contributed by atoms with E-state index in [1.54, 1.807) is 5.01 Å². The standard InChI is InChI=1S/C4H11FN2/c1-7(2)6-4-3-5/h6H,3-4H2,1-2H3. The number of alkyl halides is 1. The van der Waals surface area contributed by atoms with Gasteiger partial charge in [-0.1, -0.05) is 0 Å². The van der Waals surface area contributed by atoms with Crippen molar-refractivity contribution >= 4 is 0 Å². The summed E-state index contributed by atoms with van der Waals surface area (Å²) in [6.07, 6.45) is 0. The molecule has 7 heavy (non-hydrogen) atoms. The van der Waals surface area contributed by atoms with Crippen molar-refractivity contribution in [3.8, 4) is 0 Å². The van der Waals surface area contributed by atoms with Crippen LogP contribution < -0.4 is 5.43 Å². The zero-order valence-corrected chi connectivity index (χ0v) is 4.74. The van der Waals surface area contributed by atoms with E-state index in [0.29, 0.717) is 6.54 Å². The molecule has 1 N–H and O–H groups in total. The van der Waals surface area contributed by atoms with E-state index in [1.165, 1.54) is 0 Å². The first-order valence-electron chi connectivity index (χ1n) is 2.24. The highest BCUT2D eigenvalue weighted by Gasteiger charge is 1.82. The molecule has 0 bridgehead atoms. The van der Waals surface area contributed by atoms with Crippen molar-refractivity contribution in [1.82, 2.24) is 10.4 Å². The monoisotopic (exact) mass is 106 g/mol. The normalized spacial score (nSPS) is 10.3. The van der Waals surface area contributed by atoms with E-state index >= 15 is 0 Å². The zero-order chi connectivity index (χ0) is 5.70. The molecule has 0 aromatic carbocycles. The van der Waals surface area contributed by atoms with E-state index in [1.807, 2.05) is 14.1 Å². The zero-order valence-electron chi connectivity index (χ0n) is 4.74. The van der Waals surface area contributed by atoms with Crippen LogP contribution in [0, 0.1) is 0 Å². The predicted octanol–water partition coefficient (Wildman–Crippen LogP) is 0.0221. The molecule has 3 heteroatoms. The minimum atomic E-state index is -0.307. The fourth-order valence-corrected chi connectivity index (χ4v) is 0.266. The Labute approximate surface area is 43.3 Å². The molecular weight excluding hydrogens is 95.1 g/mol. The second kappa shape index (κ2) is 4.02. The van der Waals surface area contributed by atoms with Gasteiger partial charge in [0.1, 0.15) is 6.67 Å². The lowest BCUT2D eigenvalue weighted by Gasteiger charge is -2.08. The van der Waals surface area contributed by atoms with E-state index in [0.717, 1.165) is 0 Å². The van der Waals surface area contributed by atoms with Crippen LogP contribution in [-0.2, 0) is 0 Å². The van der Waals surface area contributed by atoms with Gasteiger partial charge in [-0.05, 0) is 0 Å². The lowest BCUT2D eigenvalue weighted by Crippen LogP contribution is -2.31. The van der Waals surface area contributed by atoms with Crippen molar-refractivity contribution in [3.63, 3.8) is 0 Å². The van der Waals surface area contributed by atoms with Gasteiger partial charge in [0.25, 0.3) is 0 Å². The minimum absolute atomic E-state index is 0.307. The quantitative estimate of drug-likeness (QED) is 0.510. The van der Waals surface area contributed by atoms with E-state index < -0.39 is 0 Å². The van der Waals surface area contributed by atoms with Crippen LogP contribution in [0.25, 0.3) is 0 Å². The van der Waals surface area contributed by atoms with Crippen molar-refractivity contribution < 1.29 is 4.39 Å². The molecule has 2 nitrogen and oxygen atoms in total. The van der Waals surface area contributed by atoms with Crippen LogP contribution in [0.4, 0.5) is 4.39 Å². The van der Waals surface area contributed by atoms with Crippen LogP contribution in [0.15, 0.2) is 0 Å². The summed E-state index contributed by atoms with van der Waals surface area (Å²) in [5.41, 5.74) is 2.75. The molecule has 0 unspecified atom stereocenters. The molecule has 0 saturated heterocycles. The molecule has 0 rings (SSSR count). The summed E-state index contributed by atoms with van der Waals surface area (Å²) in [7, 11) is 3.66. The second-order valence-electron chi connectivity index (χ2n) is 1.49. The Kier molecular flexibility index (Phi) is 3.93. The molecule has 0 aliphatic carbocycles. The summed E-state index contributed by atoms with van der Waals surface area (Å²) in [6.45, 7) is 0.102. The lowest BCUT2D eigenvalue weighted by molar-refractivity contribution is 0.273. The Morgan fingerprint density at radius 3 is 2.29 bits per heavy atom. The molecule has 0 aliphatic rings. The first-order valence-corrected chi connectivity index (χ1v) is 2.24. The molecule has 0 spiro atoms. The Balaban J connectivity index is 2.68. The SMILES string of the molecule is CN(C)NCCF. The number of nitrogens with one attached hydrogen (secondary N) is 1. The van der Waals surface area contributed by atoms with Gasteiger partial charge in [0.2, 0.25) is 0 Å². The summed E-state index contributed by atoms with van der Waals surface area (Å²) >= 11 is 0. The van der Waals surface area contributed by atoms with Crippen LogP contribution >= 0.6 is 0 Å². The van der Waals surface area contributed by atoms with Crippen molar-refractivity contribution in [2.75, 3.05) is 27.3 Å². The van der Waals surface area contributed by atoms with Crippen LogP contribution in [-0.4, -0.2) is 32.3 Å². The minimum Gasteiger partial charge on any atom is -0.253 e. The third-order valence-corrected chi connectivity index (χ3v) is 0.523. The van der Waals surface area contributed by atoms with Gasteiger partial charge in [-0.25, -0.2) is 4.39 Å². The van der Waals surface area contributed by atoms with Crippen molar-refractivity contribution in [2.24, 2.45) is 0 Å². The third-order valence-electron chi connectivity index (χ3n) is 0.523. The highest BCUT2D eigenvalue weighted by atomic mass is 19.1. The second-order valence-corrected chi connectivity index (χ2v) is 1.49. The maximum absolute atomic E-state index is 11.3. The molecule has 0 saturated carbocycles. The maximum atomic E-state index is 11.3. The molecule has 44 valence electrons. The summed E-state index contributed by atoms with van der Waals surface area (Å²) < 4.78 is 11.3. The molecule has 0 fully saturated rings. The van der Waals surface area contributed by atoms with Crippen molar-refractivity contribution in [3.05, 3.63) is 0 Å².